The second-order valence-corrected chi connectivity index (χ2v) is 5.23. The number of carbonyl (C=O) groups is 1. The van der Waals surface area contributed by atoms with E-state index >= 15 is 0 Å². The third-order valence-electron chi connectivity index (χ3n) is 3.08. The van der Waals surface area contributed by atoms with Crippen molar-refractivity contribution in [3.63, 3.8) is 0 Å². The van der Waals surface area contributed by atoms with E-state index in [1.807, 2.05) is 16.8 Å². The topological polar surface area (TPSA) is 41.1 Å². The van der Waals surface area contributed by atoms with Crippen LogP contribution in [-0.2, 0) is 11.2 Å². The van der Waals surface area contributed by atoms with Crippen LogP contribution < -0.4 is 10.6 Å². The van der Waals surface area contributed by atoms with Gasteiger partial charge in [0.15, 0.2) is 0 Å². The SMILES string of the molecule is CC1CNCCC1NC(=O)Cc1ccsc1.Cl. The fourth-order valence-electron chi connectivity index (χ4n) is 2.06. The van der Waals surface area contributed by atoms with Crippen molar-refractivity contribution >= 4 is 29.7 Å². The summed E-state index contributed by atoms with van der Waals surface area (Å²) in [6, 6.07) is 2.35. The number of hydrogen-bond acceptors (Lipinski definition) is 3. The molecule has 0 aromatic carbocycles. The molecular weight excluding hydrogens is 256 g/mol. The number of thiophene rings is 1. The summed E-state index contributed by atoms with van der Waals surface area (Å²) in [5.41, 5.74) is 1.11. The molecule has 1 aromatic rings. The summed E-state index contributed by atoms with van der Waals surface area (Å²) in [7, 11) is 0. The largest absolute Gasteiger partial charge is 0.353 e. The van der Waals surface area contributed by atoms with E-state index in [2.05, 4.69) is 17.6 Å². The average Bonchev–Trinajstić information content (AvgIpc) is 2.74. The fraction of sp³-hybridized carbons (Fsp3) is 0.583. The molecule has 17 heavy (non-hydrogen) atoms. The third kappa shape index (κ3) is 4.30. The predicted molar refractivity (Wildman–Crippen MR) is 73.9 cm³/mol. The van der Waals surface area contributed by atoms with Gasteiger partial charge in [-0.2, -0.15) is 11.3 Å². The van der Waals surface area contributed by atoms with Crippen molar-refractivity contribution in [1.29, 1.82) is 0 Å². The van der Waals surface area contributed by atoms with Gasteiger partial charge in [-0.3, -0.25) is 4.79 Å². The smallest absolute Gasteiger partial charge is 0.224 e. The number of piperidine rings is 1. The lowest BCUT2D eigenvalue weighted by Gasteiger charge is -2.30. The molecule has 2 unspecified atom stereocenters. The van der Waals surface area contributed by atoms with Gasteiger partial charge in [-0.25, -0.2) is 0 Å². The zero-order valence-electron chi connectivity index (χ0n) is 9.94. The highest BCUT2D eigenvalue weighted by Crippen LogP contribution is 2.11. The van der Waals surface area contributed by atoms with Crippen molar-refractivity contribution in [3.8, 4) is 0 Å². The Morgan fingerprint density at radius 2 is 2.47 bits per heavy atom. The maximum absolute atomic E-state index is 11.8. The zero-order valence-corrected chi connectivity index (χ0v) is 11.6. The first-order valence-corrected chi connectivity index (χ1v) is 6.71. The summed E-state index contributed by atoms with van der Waals surface area (Å²) < 4.78 is 0. The summed E-state index contributed by atoms with van der Waals surface area (Å²) in [6.45, 7) is 4.19. The Kier molecular flexibility index (Phi) is 5.95. The lowest BCUT2D eigenvalue weighted by Crippen LogP contribution is -2.48. The average molecular weight is 275 g/mol. The van der Waals surface area contributed by atoms with Crippen LogP contribution in [0, 0.1) is 5.92 Å². The van der Waals surface area contributed by atoms with Crippen LogP contribution in [0.5, 0.6) is 0 Å². The van der Waals surface area contributed by atoms with E-state index in [1.165, 1.54) is 0 Å². The fourth-order valence-corrected chi connectivity index (χ4v) is 2.73. The van der Waals surface area contributed by atoms with E-state index in [1.54, 1.807) is 11.3 Å². The van der Waals surface area contributed by atoms with E-state index < -0.39 is 0 Å². The molecule has 0 bridgehead atoms. The summed E-state index contributed by atoms with van der Waals surface area (Å²) in [5.74, 6) is 0.678. The Labute approximate surface area is 112 Å². The second-order valence-electron chi connectivity index (χ2n) is 4.45. The van der Waals surface area contributed by atoms with Gasteiger partial charge < -0.3 is 10.6 Å². The summed E-state index contributed by atoms with van der Waals surface area (Å²) in [4.78, 5) is 11.8. The molecule has 1 aromatic heterocycles. The number of amides is 1. The van der Waals surface area contributed by atoms with Gasteiger partial charge in [-0.1, -0.05) is 6.92 Å². The molecule has 2 atom stereocenters. The second kappa shape index (κ2) is 6.99. The van der Waals surface area contributed by atoms with Gasteiger partial charge in [0.1, 0.15) is 0 Å². The molecule has 5 heteroatoms. The van der Waals surface area contributed by atoms with Crippen molar-refractivity contribution in [2.45, 2.75) is 25.8 Å². The third-order valence-corrected chi connectivity index (χ3v) is 3.81. The summed E-state index contributed by atoms with van der Waals surface area (Å²) in [6.07, 6.45) is 1.55. The number of nitrogens with one attached hydrogen (secondary N) is 2. The molecule has 0 spiro atoms. The minimum atomic E-state index is 0. The first-order valence-electron chi connectivity index (χ1n) is 5.77. The molecule has 1 aliphatic heterocycles. The van der Waals surface area contributed by atoms with Gasteiger partial charge >= 0.3 is 0 Å². The molecule has 2 N–H and O–H groups in total. The van der Waals surface area contributed by atoms with Gasteiger partial charge in [0.05, 0.1) is 6.42 Å². The van der Waals surface area contributed by atoms with E-state index in [4.69, 9.17) is 0 Å². The van der Waals surface area contributed by atoms with Crippen molar-refractivity contribution in [2.24, 2.45) is 5.92 Å². The molecule has 2 heterocycles. The lowest BCUT2D eigenvalue weighted by molar-refractivity contribution is -0.121. The molecule has 0 radical (unpaired) electrons. The van der Waals surface area contributed by atoms with Crippen molar-refractivity contribution in [1.82, 2.24) is 10.6 Å². The van der Waals surface area contributed by atoms with Crippen LogP contribution >= 0.6 is 23.7 Å². The Morgan fingerprint density at radius 1 is 1.65 bits per heavy atom. The standard InChI is InChI=1S/C12H18N2OS.ClH/c1-9-7-13-4-2-11(9)14-12(15)6-10-3-5-16-8-10;/h3,5,8-9,11,13H,2,4,6-7H2,1H3,(H,14,15);1H. The highest BCUT2D eigenvalue weighted by Gasteiger charge is 2.22. The van der Waals surface area contributed by atoms with E-state index in [-0.39, 0.29) is 18.3 Å². The minimum Gasteiger partial charge on any atom is -0.353 e. The van der Waals surface area contributed by atoms with Crippen LogP contribution in [0.2, 0.25) is 0 Å². The Morgan fingerprint density at radius 3 is 3.12 bits per heavy atom. The van der Waals surface area contributed by atoms with E-state index in [0.29, 0.717) is 18.4 Å². The van der Waals surface area contributed by atoms with E-state index in [0.717, 1.165) is 25.1 Å². The molecule has 1 aliphatic rings. The van der Waals surface area contributed by atoms with Gasteiger partial charge in [0.2, 0.25) is 5.91 Å². The van der Waals surface area contributed by atoms with Crippen molar-refractivity contribution in [3.05, 3.63) is 22.4 Å². The number of hydrogen-bond donors (Lipinski definition) is 2. The van der Waals surface area contributed by atoms with Gasteiger partial charge in [-0.05, 0) is 47.8 Å². The molecule has 0 aliphatic carbocycles. The predicted octanol–water partition coefficient (Wildman–Crippen LogP) is 1.83. The molecule has 1 saturated heterocycles. The number of halogens is 1. The van der Waals surface area contributed by atoms with Crippen LogP contribution in [0.15, 0.2) is 16.8 Å². The van der Waals surface area contributed by atoms with Crippen LogP contribution in [0.25, 0.3) is 0 Å². The molecule has 0 saturated carbocycles. The quantitative estimate of drug-likeness (QED) is 0.883. The summed E-state index contributed by atoms with van der Waals surface area (Å²) >= 11 is 1.64. The van der Waals surface area contributed by atoms with Crippen LogP contribution in [0.3, 0.4) is 0 Å². The first-order chi connectivity index (χ1) is 7.75. The summed E-state index contributed by atoms with van der Waals surface area (Å²) in [5, 5.41) is 10.5. The van der Waals surface area contributed by atoms with Crippen molar-refractivity contribution < 1.29 is 4.79 Å². The Bertz CT molecular complexity index is 342. The van der Waals surface area contributed by atoms with E-state index in [9.17, 15) is 4.79 Å². The first kappa shape index (κ1) is 14.5. The maximum Gasteiger partial charge on any atom is 0.224 e. The van der Waals surface area contributed by atoms with Gasteiger partial charge in [-0.15, -0.1) is 12.4 Å². The minimum absolute atomic E-state index is 0. The Balaban J connectivity index is 0.00000144. The van der Waals surface area contributed by atoms with Gasteiger partial charge in [0.25, 0.3) is 0 Å². The molecule has 96 valence electrons. The Hall–Kier alpha value is -0.580. The highest BCUT2D eigenvalue weighted by atomic mass is 35.5. The molecular formula is C12H19ClN2OS. The monoisotopic (exact) mass is 274 g/mol. The van der Waals surface area contributed by atoms with Crippen LogP contribution in [0.1, 0.15) is 18.9 Å². The van der Waals surface area contributed by atoms with Crippen molar-refractivity contribution in [2.75, 3.05) is 13.1 Å². The maximum atomic E-state index is 11.8. The van der Waals surface area contributed by atoms with Crippen LogP contribution in [-0.4, -0.2) is 25.0 Å². The van der Waals surface area contributed by atoms with Crippen LogP contribution in [0.4, 0.5) is 0 Å². The lowest BCUT2D eigenvalue weighted by atomic mass is 9.95. The molecule has 2 rings (SSSR count). The number of carbonyl (C=O) groups excluding carboxylic acids is 1. The number of rotatable bonds is 3. The zero-order chi connectivity index (χ0) is 11.4. The molecule has 3 nitrogen and oxygen atoms in total. The molecule has 1 amide bonds. The normalized spacial score (nSPS) is 23.8. The molecule has 1 fully saturated rings. The van der Waals surface area contributed by atoms with Gasteiger partial charge in [0, 0.05) is 6.04 Å². The highest BCUT2D eigenvalue weighted by molar-refractivity contribution is 7.07.